The summed E-state index contributed by atoms with van der Waals surface area (Å²) in [7, 11) is 0. The van der Waals surface area contributed by atoms with Crippen molar-refractivity contribution in [3.8, 4) is 17.3 Å². The molecule has 9 heteroatoms. The van der Waals surface area contributed by atoms with Crippen LogP contribution in [0.15, 0.2) is 52.4 Å². The van der Waals surface area contributed by atoms with E-state index in [4.69, 9.17) is 23.2 Å². The second-order valence-electron chi connectivity index (χ2n) is 6.01. The van der Waals surface area contributed by atoms with Gasteiger partial charge in [0, 0.05) is 21.3 Å². The zero-order valence-corrected chi connectivity index (χ0v) is 17.5. The summed E-state index contributed by atoms with van der Waals surface area (Å²) in [6.07, 6.45) is 0. The van der Waals surface area contributed by atoms with Crippen LogP contribution in [0.4, 0.5) is 5.69 Å². The molecule has 0 radical (unpaired) electrons. The maximum Gasteiger partial charge on any atom is 0.270 e. The number of hydrogen-bond donors (Lipinski definition) is 2. The molecule has 0 unspecified atom stereocenters. The Labute approximate surface area is 180 Å². The number of amides is 1. The van der Waals surface area contributed by atoms with Gasteiger partial charge in [-0.05, 0) is 36.8 Å². The molecule has 0 fully saturated rings. The molecule has 146 valence electrons. The Morgan fingerprint density at radius 1 is 1.21 bits per heavy atom. The van der Waals surface area contributed by atoms with Crippen LogP contribution in [0.3, 0.4) is 0 Å². The van der Waals surface area contributed by atoms with Crippen LogP contribution in [0, 0.1) is 18.3 Å². The van der Waals surface area contributed by atoms with Gasteiger partial charge in [-0.15, -0.1) is 0 Å². The van der Waals surface area contributed by atoms with Crippen molar-refractivity contribution in [3.63, 3.8) is 0 Å². The van der Waals surface area contributed by atoms with Gasteiger partial charge in [-0.25, -0.2) is 4.98 Å². The number of carbonyl (C=O) groups excluding carboxylic acids is 1. The molecular formula is C20H14Cl2N4O2S. The van der Waals surface area contributed by atoms with Gasteiger partial charge in [0.15, 0.2) is 5.16 Å². The highest BCUT2D eigenvalue weighted by molar-refractivity contribution is 7.99. The summed E-state index contributed by atoms with van der Waals surface area (Å²) in [4.78, 5) is 31.5. The minimum absolute atomic E-state index is 0.0147. The van der Waals surface area contributed by atoms with Gasteiger partial charge >= 0.3 is 0 Å². The summed E-state index contributed by atoms with van der Waals surface area (Å²) in [5.41, 5.74) is 1.64. The van der Waals surface area contributed by atoms with Crippen LogP contribution in [0.1, 0.15) is 11.1 Å². The van der Waals surface area contributed by atoms with Crippen LogP contribution in [-0.2, 0) is 4.79 Å². The number of benzene rings is 2. The van der Waals surface area contributed by atoms with Crippen molar-refractivity contribution in [1.82, 2.24) is 9.97 Å². The highest BCUT2D eigenvalue weighted by atomic mass is 35.5. The Balaban J connectivity index is 1.80. The predicted octanol–water partition coefficient (Wildman–Crippen LogP) is 4.65. The quantitative estimate of drug-likeness (QED) is 0.440. The SMILES string of the molecule is Cc1ccc(Cl)cc1NC(=O)CSc1nc(-c2ccc(Cl)cc2)c(C#N)c(=O)[nH]1. The van der Waals surface area contributed by atoms with Gasteiger partial charge in [0.1, 0.15) is 11.6 Å². The van der Waals surface area contributed by atoms with Crippen molar-refractivity contribution in [2.45, 2.75) is 12.1 Å². The van der Waals surface area contributed by atoms with E-state index < -0.39 is 5.56 Å². The molecule has 0 aliphatic rings. The number of carbonyl (C=O) groups is 1. The molecule has 3 aromatic rings. The van der Waals surface area contributed by atoms with Crippen LogP contribution < -0.4 is 10.9 Å². The summed E-state index contributed by atoms with van der Waals surface area (Å²) in [5.74, 6) is -0.263. The number of nitrogens with one attached hydrogen (secondary N) is 2. The van der Waals surface area contributed by atoms with Crippen molar-refractivity contribution < 1.29 is 4.79 Å². The normalized spacial score (nSPS) is 10.4. The number of anilines is 1. The molecule has 2 N–H and O–H groups in total. The molecule has 1 amide bonds. The molecule has 29 heavy (non-hydrogen) atoms. The third kappa shape index (κ3) is 5.18. The van der Waals surface area contributed by atoms with E-state index >= 15 is 0 Å². The van der Waals surface area contributed by atoms with E-state index in [2.05, 4.69) is 15.3 Å². The third-order valence-corrected chi connectivity index (χ3v) is 5.30. The first-order valence-corrected chi connectivity index (χ1v) is 10.1. The highest BCUT2D eigenvalue weighted by Crippen LogP contribution is 2.24. The van der Waals surface area contributed by atoms with Crippen molar-refractivity contribution >= 4 is 46.6 Å². The average molecular weight is 445 g/mol. The van der Waals surface area contributed by atoms with Crippen LogP contribution in [0.5, 0.6) is 0 Å². The molecule has 3 rings (SSSR count). The van der Waals surface area contributed by atoms with E-state index in [1.165, 1.54) is 0 Å². The lowest BCUT2D eigenvalue weighted by Gasteiger charge is -2.09. The molecule has 1 aromatic heterocycles. The molecule has 0 aliphatic carbocycles. The number of H-pyrrole nitrogens is 1. The largest absolute Gasteiger partial charge is 0.325 e. The lowest BCUT2D eigenvalue weighted by Crippen LogP contribution is -2.17. The molecule has 6 nitrogen and oxygen atoms in total. The van der Waals surface area contributed by atoms with E-state index in [1.54, 1.807) is 36.4 Å². The van der Waals surface area contributed by atoms with Gasteiger partial charge in [0.25, 0.3) is 5.56 Å². The van der Waals surface area contributed by atoms with Gasteiger partial charge in [-0.2, -0.15) is 5.26 Å². The summed E-state index contributed by atoms with van der Waals surface area (Å²) >= 11 is 12.9. The van der Waals surface area contributed by atoms with Crippen LogP contribution in [0.2, 0.25) is 10.0 Å². The maximum atomic E-state index is 12.3. The number of hydrogen-bond acceptors (Lipinski definition) is 5. The number of aromatic amines is 1. The summed E-state index contributed by atoms with van der Waals surface area (Å²) in [6, 6.07) is 13.7. The monoisotopic (exact) mass is 444 g/mol. The van der Waals surface area contributed by atoms with Crippen LogP contribution in [-0.4, -0.2) is 21.6 Å². The fourth-order valence-electron chi connectivity index (χ4n) is 2.49. The van der Waals surface area contributed by atoms with Crippen molar-refractivity contribution in [2.75, 3.05) is 11.1 Å². The van der Waals surface area contributed by atoms with Crippen molar-refractivity contribution in [1.29, 1.82) is 5.26 Å². The second-order valence-corrected chi connectivity index (χ2v) is 7.85. The fraction of sp³-hybridized carbons (Fsp3) is 0.100. The molecule has 0 saturated carbocycles. The van der Waals surface area contributed by atoms with E-state index in [1.807, 2.05) is 19.1 Å². The lowest BCUT2D eigenvalue weighted by atomic mass is 10.1. The minimum atomic E-state index is -0.568. The Kier molecular flexibility index (Phi) is 6.60. The van der Waals surface area contributed by atoms with E-state index in [0.29, 0.717) is 21.3 Å². The number of halogens is 2. The zero-order chi connectivity index (χ0) is 21.0. The number of rotatable bonds is 5. The number of aryl methyl sites for hydroxylation is 1. The molecule has 0 spiro atoms. The molecule has 0 aliphatic heterocycles. The number of nitrogens with zero attached hydrogens (tertiary/aromatic N) is 2. The number of thioether (sulfide) groups is 1. The van der Waals surface area contributed by atoms with Crippen molar-refractivity contribution in [3.05, 3.63) is 74.0 Å². The predicted molar refractivity (Wildman–Crippen MR) is 116 cm³/mol. The van der Waals surface area contributed by atoms with Gasteiger partial charge in [0.05, 0.1) is 11.4 Å². The van der Waals surface area contributed by atoms with Gasteiger partial charge in [-0.1, -0.05) is 53.2 Å². The van der Waals surface area contributed by atoms with E-state index in [9.17, 15) is 14.9 Å². The van der Waals surface area contributed by atoms with Crippen molar-refractivity contribution in [2.24, 2.45) is 0 Å². The molecule has 0 atom stereocenters. The average Bonchev–Trinajstić information content (AvgIpc) is 2.69. The van der Waals surface area contributed by atoms with Crippen LogP contribution in [0.25, 0.3) is 11.3 Å². The van der Waals surface area contributed by atoms with Gasteiger partial charge in [-0.3, -0.25) is 9.59 Å². The second kappa shape index (κ2) is 9.14. The molecule has 0 saturated heterocycles. The fourth-order valence-corrected chi connectivity index (χ4v) is 3.45. The Morgan fingerprint density at radius 2 is 1.90 bits per heavy atom. The third-order valence-electron chi connectivity index (χ3n) is 3.94. The molecule has 1 heterocycles. The Hall–Kier alpha value is -2.79. The van der Waals surface area contributed by atoms with Crippen LogP contribution >= 0.6 is 35.0 Å². The number of nitriles is 1. The minimum Gasteiger partial charge on any atom is -0.325 e. The first-order chi connectivity index (χ1) is 13.9. The van der Waals surface area contributed by atoms with E-state index in [0.717, 1.165) is 17.3 Å². The molecular weight excluding hydrogens is 431 g/mol. The highest BCUT2D eigenvalue weighted by Gasteiger charge is 2.15. The molecule has 0 bridgehead atoms. The zero-order valence-electron chi connectivity index (χ0n) is 15.1. The Morgan fingerprint density at radius 3 is 2.59 bits per heavy atom. The smallest absolute Gasteiger partial charge is 0.270 e. The Bertz CT molecular complexity index is 1170. The molecule has 2 aromatic carbocycles. The summed E-state index contributed by atoms with van der Waals surface area (Å²) in [5, 5.41) is 13.4. The number of aromatic nitrogens is 2. The van der Waals surface area contributed by atoms with Gasteiger partial charge in [0.2, 0.25) is 5.91 Å². The summed E-state index contributed by atoms with van der Waals surface area (Å²) in [6.45, 7) is 1.86. The first kappa shape index (κ1) is 20.9. The first-order valence-electron chi connectivity index (χ1n) is 8.36. The van der Waals surface area contributed by atoms with E-state index in [-0.39, 0.29) is 28.1 Å². The topological polar surface area (TPSA) is 98.6 Å². The lowest BCUT2D eigenvalue weighted by molar-refractivity contribution is -0.113. The standard InChI is InChI=1S/C20H14Cl2N4O2S/c1-11-2-5-14(22)8-16(11)24-17(27)10-29-20-25-18(15(9-23)19(28)26-20)12-3-6-13(21)7-4-12/h2-8H,10H2,1H3,(H,24,27)(H,25,26,28). The van der Waals surface area contributed by atoms with Gasteiger partial charge < -0.3 is 10.3 Å². The maximum absolute atomic E-state index is 12.3. The summed E-state index contributed by atoms with van der Waals surface area (Å²) < 4.78 is 0.